The van der Waals surface area contributed by atoms with Crippen molar-refractivity contribution in [3.63, 3.8) is 0 Å². The van der Waals surface area contributed by atoms with Gasteiger partial charge in [0.1, 0.15) is 5.75 Å². The first-order valence-electron chi connectivity index (χ1n) is 6.23. The van der Waals surface area contributed by atoms with Gasteiger partial charge in [0.25, 0.3) is 0 Å². The molecule has 0 saturated carbocycles. The van der Waals surface area contributed by atoms with Gasteiger partial charge in [0.05, 0.1) is 13.0 Å². The molecule has 5 nitrogen and oxygen atoms in total. The Bertz CT molecular complexity index is 480. The van der Waals surface area contributed by atoms with Gasteiger partial charge in [-0.2, -0.15) is 0 Å². The van der Waals surface area contributed by atoms with Crippen molar-refractivity contribution in [1.29, 1.82) is 0 Å². The SMILES string of the molecule is COc1cccc(CCC(=O)N2CC(C(=O)O)C2)c1. The van der Waals surface area contributed by atoms with E-state index in [0.717, 1.165) is 11.3 Å². The third kappa shape index (κ3) is 3.24. The standard InChI is InChI=1S/C14H17NO4/c1-19-12-4-2-3-10(7-12)5-6-13(16)15-8-11(9-15)14(17)18/h2-4,7,11H,5-6,8-9H2,1H3,(H,17,18). The lowest BCUT2D eigenvalue weighted by Gasteiger charge is -2.36. The van der Waals surface area contributed by atoms with Gasteiger partial charge >= 0.3 is 5.97 Å². The van der Waals surface area contributed by atoms with Crippen molar-refractivity contribution in [3.05, 3.63) is 29.8 Å². The van der Waals surface area contributed by atoms with Crippen molar-refractivity contribution in [2.45, 2.75) is 12.8 Å². The molecule has 19 heavy (non-hydrogen) atoms. The van der Waals surface area contributed by atoms with Crippen molar-refractivity contribution >= 4 is 11.9 Å². The lowest BCUT2D eigenvalue weighted by atomic mass is 9.99. The molecular formula is C14H17NO4. The number of ether oxygens (including phenoxy) is 1. The monoisotopic (exact) mass is 263 g/mol. The second-order valence-electron chi connectivity index (χ2n) is 4.69. The van der Waals surface area contributed by atoms with Gasteiger partial charge in [-0.1, -0.05) is 12.1 Å². The third-order valence-electron chi connectivity index (χ3n) is 3.35. The van der Waals surface area contributed by atoms with Crippen LogP contribution in [0.5, 0.6) is 5.75 Å². The molecule has 1 fully saturated rings. The van der Waals surface area contributed by atoms with E-state index in [1.165, 1.54) is 0 Å². The van der Waals surface area contributed by atoms with Crippen molar-refractivity contribution in [2.75, 3.05) is 20.2 Å². The molecule has 0 radical (unpaired) electrons. The lowest BCUT2D eigenvalue weighted by molar-refractivity contribution is -0.152. The minimum Gasteiger partial charge on any atom is -0.497 e. The van der Waals surface area contributed by atoms with Gasteiger partial charge in [-0.05, 0) is 24.1 Å². The van der Waals surface area contributed by atoms with Crippen LogP contribution in [-0.4, -0.2) is 42.1 Å². The van der Waals surface area contributed by atoms with E-state index in [9.17, 15) is 9.59 Å². The van der Waals surface area contributed by atoms with E-state index in [-0.39, 0.29) is 11.8 Å². The number of aryl methyl sites for hydroxylation is 1. The van der Waals surface area contributed by atoms with Gasteiger partial charge in [0, 0.05) is 19.5 Å². The second kappa shape index (κ2) is 5.73. The van der Waals surface area contributed by atoms with E-state index >= 15 is 0 Å². The number of hydrogen-bond acceptors (Lipinski definition) is 3. The van der Waals surface area contributed by atoms with Crippen molar-refractivity contribution in [2.24, 2.45) is 5.92 Å². The van der Waals surface area contributed by atoms with Crippen LogP contribution in [0.3, 0.4) is 0 Å². The number of aliphatic carboxylic acids is 1. The fourth-order valence-corrected chi connectivity index (χ4v) is 2.08. The molecule has 0 spiro atoms. The smallest absolute Gasteiger partial charge is 0.310 e. The van der Waals surface area contributed by atoms with Crippen molar-refractivity contribution < 1.29 is 19.4 Å². The Kier molecular flexibility index (Phi) is 4.04. The molecule has 1 aromatic carbocycles. The fraction of sp³-hybridized carbons (Fsp3) is 0.429. The van der Waals surface area contributed by atoms with E-state index in [1.807, 2.05) is 24.3 Å². The van der Waals surface area contributed by atoms with E-state index in [0.29, 0.717) is 25.9 Å². The van der Waals surface area contributed by atoms with Crippen LogP contribution in [0, 0.1) is 5.92 Å². The Hall–Kier alpha value is -2.04. The van der Waals surface area contributed by atoms with Crippen LogP contribution in [0.2, 0.25) is 0 Å². The molecule has 1 aliphatic rings. The number of benzene rings is 1. The highest BCUT2D eigenvalue weighted by Gasteiger charge is 2.34. The zero-order chi connectivity index (χ0) is 13.8. The summed E-state index contributed by atoms with van der Waals surface area (Å²) in [6, 6.07) is 7.61. The zero-order valence-electron chi connectivity index (χ0n) is 10.8. The molecule has 1 N–H and O–H groups in total. The number of amides is 1. The van der Waals surface area contributed by atoms with Crippen LogP contribution in [0.15, 0.2) is 24.3 Å². The summed E-state index contributed by atoms with van der Waals surface area (Å²) in [7, 11) is 1.61. The molecule has 1 aliphatic heterocycles. The van der Waals surface area contributed by atoms with Crippen molar-refractivity contribution in [3.8, 4) is 5.75 Å². The number of rotatable bonds is 5. The van der Waals surface area contributed by atoms with Gasteiger partial charge < -0.3 is 14.7 Å². The Balaban J connectivity index is 1.79. The molecule has 1 aromatic rings. The number of hydrogen-bond donors (Lipinski definition) is 1. The molecule has 0 unspecified atom stereocenters. The average Bonchev–Trinajstić information content (AvgIpc) is 2.34. The number of carbonyl (C=O) groups excluding carboxylic acids is 1. The molecular weight excluding hydrogens is 246 g/mol. The zero-order valence-corrected chi connectivity index (χ0v) is 10.8. The summed E-state index contributed by atoms with van der Waals surface area (Å²) in [4.78, 5) is 24.1. The van der Waals surface area contributed by atoms with Crippen LogP contribution < -0.4 is 4.74 Å². The lowest BCUT2D eigenvalue weighted by Crippen LogP contribution is -2.53. The van der Waals surface area contributed by atoms with Crippen LogP contribution in [0.1, 0.15) is 12.0 Å². The van der Waals surface area contributed by atoms with Crippen molar-refractivity contribution in [1.82, 2.24) is 4.90 Å². The summed E-state index contributed by atoms with van der Waals surface area (Å²) in [5.74, 6) is -0.419. The number of likely N-dealkylation sites (tertiary alicyclic amines) is 1. The molecule has 1 saturated heterocycles. The quantitative estimate of drug-likeness (QED) is 0.866. The number of methoxy groups -OCH3 is 1. The minimum atomic E-state index is -0.822. The van der Waals surface area contributed by atoms with Crippen LogP contribution in [0.25, 0.3) is 0 Å². The first kappa shape index (κ1) is 13.4. The molecule has 0 bridgehead atoms. The Morgan fingerprint density at radius 2 is 2.16 bits per heavy atom. The number of carboxylic acids is 1. The van der Waals surface area contributed by atoms with Crippen LogP contribution in [0.4, 0.5) is 0 Å². The van der Waals surface area contributed by atoms with Crippen LogP contribution >= 0.6 is 0 Å². The predicted molar refractivity (Wildman–Crippen MR) is 69.0 cm³/mol. The first-order valence-corrected chi connectivity index (χ1v) is 6.23. The fourth-order valence-electron chi connectivity index (χ4n) is 2.08. The van der Waals surface area contributed by atoms with Gasteiger partial charge in [-0.25, -0.2) is 0 Å². The van der Waals surface area contributed by atoms with E-state index in [1.54, 1.807) is 12.0 Å². The average molecular weight is 263 g/mol. The van der Waals surface area contributed by atoms with Crippen LogP contribution in [-0.2, 0) is 16.0 Å². The Morgan fingerprint density at radius 3 is 2.79 bits per heavy atom. The molecule has 0 atom stereocenters. The topological polar surface area (TPSA) is 66.8 Å². The summed E-state index contributed by atoms with van der Waals surface area (Å²) in [6.07, 6.45) is 1.05. The maximum absolute atomic E-state index is 11.8. The molecule has 1 amide bonds. The largest absolute Gasteiger partial charge is 0.497 e. The highest BCUT2D eigenvalue weighted by molar-refractivity contribution is 5.81. The van der Waals surface area contributed by atoms with Gasteiger partial charge in [0.15, 0.2) is 0 Å². The van der Waals surface area contributed by atoms with E-state index in [4.69, 9.17) is 9.84 Å². The molecule has 1 heterocycles. The second-order valence-corrected chi connectivity index (χ2v) is 4.69. The molecule has 5 heteroatoms. The van der Waals surface area contributed by atoms with Gasteiger partial charge in [-0.3, -0.25) is 9.59 Å². The van der Waals surface area contributed by atoms with E-state index in [2.05, 4.69) is 0 Å². The Morgan fingerprint density at radius 1 is 1.42 bits per heavy atom. The summed E-state index contributed by atoms with van der Waals surface area (Å²) in [5, 5.41) is 8.75. The summed E-state index contributed by atoms with van der Waals surface area (Å²) >= 11 is 0. The molecule has 0 aromatic heterocycles. The highest BCUT2D eigenvalue weighted by Crippen LogP contribution is 2.18. The predicted octanol–water partition coefficient (Wildman–Crippen LogP) is 1.17. The van der Waals surface area contributed by atoms with Gasteiger partial charge in [0.2, 0.25) is 5.91 Å². The first-order chi connectivity index (χ1) is 9.10. The summed E-state index contributed by atoms with van der Waals surface area (Å²) in [6.45, 7) is 0.679. The number of nitrogens with zero attached hydrogens (tertiary/aromatic N) is 1. The number of carbonyl (C=O) groups is 2. The normalized spacial score (nSPS) is 14.9. The Labute approximate surface area is 111 Å². The summed E-state index contributed by atoms with van der Waals surface area (Å²) in [5.41, 5.74) is 1.04. The maximum Gasteiger partial charge on any atom is 0.310 e. The third-order valence-corrected chi connectivity index (χ3v) is 3.35. The van der Waals surface area contributed by atoms with Gasteiger partial charge in [-0.15, -0.1) is 0 Å². The minimum absolute atomic E-state index is 0.0142. The number of carboxylic acid groups (broad SMARTS) is 1. The van der Waals surface area contributed by atoms with E-state index < -0.39 is 5.97 Å². The highest BCUT2D eigenvalue weighted by atomic mass is 16.5. The summed E-state index contributed by atoms with van der Waals surface area (Å²) < 4.78 is 5.12. The maximum atomic E-state index is 11.8. The molecule has 2 rings (SSSR count). The molecule has 0 aliphatic carbocycles. The molecule has 102 valence electrons.